The van der Waals surface area contributed by atoms with Gasteiger partial charge in [0.15, 0.2) is 0 Å². The molecule has 0 aromatic heterocycles. The average Bonchev–Trinajstić information content (AvgIpc) is 2.30. The van der Waals surface area contributed by atoms with Gasteiger partial charge in [0.05, 0.1) is 14.8 Å². The van der Waals surface area contributed by atoms with Crippen molar-refractivity contribution in [3.05, 3.63) is 59.6 Å². The minimum Gasteiger partial charge on any atom is -0.218 e. The third kappa shape index (κ3) is 1.96. The second-order valence-electron chi connectivity index (χ2n) is 3.17. The molecule has 0 N–H and O–H groups in total. The van der Waals surface area contributed by atoms with E-state index in [0.29, 0.717) is 0 Å². The van der Waals surface area contributed by atoms with Gasteiger partial charge in [-0.25, -0.2) is 8.42 Å². The Bertz CT molecular complexity index is 591. The smallest absolute Gasteiger partial charge is 0.208 e. The molecule has 4 heteroatoms. The summed E-state index contributed by atoms with van der Waals surface area (Å²) >= 11 is 5.87. The van der Waals surface area contributed by atoms with Gasteiger partial charge >= 0.3 is 0 Å². The van der Waals surface area contributed by atoms with Gasteiger partial charge in [-0.15, -0.1) is 0 Å². The minimum absolute atomic E-state index is 0.128. The lowest BCUT2D eigenvalue weighted by molar-refractivity contribution is 0.596. The highest BCUT2D eigenvalue weighted by atomic mass is 35.5. The molecule has 0 saturated carbocycles. The van der Waals surface area contributed by atoms with Gasteiger partial charge in [0.2, 0.25) is 9.84 Å². The first-order chi connectivity index (χ1) is 7.62. The lowest BCUT2D eigenvalue weighted by atomic mass is 10.4. The Kier molecular flexibility index (Phi) is 2.99. The fourth-order valence-corrected chi connectivity index (χ4v) is 3.11. The minimum atomic E-state index is -3.52. The van der Waals surface area contributed by atoms with Crippen LogP contribution in [0.2, 0.25) is 5.02 Å². The molecule has 2 aromatic rings. The summed E-state index contributed by atoms with van der Waals surface area (Å²) in [6.07, 6.45) is 0. The van der Waals surface area contributed by atoms with Crippen molar-refractivity contribution in [2.75, 3.05) is 0 Å². The Morgan fingerprint density at radius 2 is 1.62 bits per heavy atom. The highest BCUT2D eigenvalue weighted by Gasteiger charge is 2.19. The van der Waals surface area contributed by atoms with E-state index in [9.17, 15) is 8.42 Å². The summed E-state index contributed by atoms with van der Waals surface area (Å²) in [5.41, 5.74) is 0. The molecule has 2 aromatic carbocycles. The molecule has 0 heterocycles. The molecule has 0 aliphatic heterocycles. The van der Waals surface area contributed by atoms with Crippen LogP contribution in [0.5, 0.6) is 0 Å². The van der Waals surface area contributed by atoms with E-state index in [-0.39, 0.29) is 14.8 Å². The summed E-state index contributed by atoms with van der Waals surface area (Å²) in [6, 6.07) is 15.3. The van der Waals surface area contributed by atoms with Crippen molar-refractivity contribution in [2.45, 2.75) is 9.79 Å². The van der Waals surface area contributed by atoms with Gasteiger partial charge < -0.3 is 0 Å². The molecule has 0 bridgehead atoms. The van der Waals surface area contributed by atoms with Crippen LogP contribution in [-0.2, 0) is 9.84 Å². The normalized spacial score (nSPS) is 11.3. The Hall–Kier alpha value is -1.32. The van der Waals surface area contributed by atoms with Crippen LogP contribution in [-0.4, -0.2) is 8.42 Å². The molecule has 2 rings (SSSR count). The number of hydrogen-bond donors (Lipinski definition) is 0. The van der Waals surface area contributed by atoms with Gasteiger partial charge in [0, 0.05) is 0 Å². The Balaban J connectivity index is 2.62. The van der Waals surface area contributed by atoms with E-state index >= 15 is 0 Å². The maximum absolute atomic E-state index is 12.2. The van der Waals surface area contributed by atoms with E-state index in [1.54, 1.807) is 30.3 Å². The molecule has 0 amide bonds. The van der Waals surface area contributed by atoms with Gasteiger partial charge in [-0.3, -0.25) is 0 Å². The first-order valence-electron chi connectivity index (χ1n) is 4.58. The molecular formula is C12H8ClO2S. The van der Waals surface area contributed by atoms with Gasteiger partial charge in [0.1, 0.15) is 0 Å². The van der Waals surface area contributed by atoms with Gasteiger partial charge in [-0.2, -0.15) is 0 Å². The molecule has 0 spiro atoms. The molecule has 0 fully saturated rings. The quantitative estimate of drug-likeness (QED) is 0.822. The largest absolute Gasteiger partial charge is 0.218 e. The predicted octanol–water partition coefficient (Wildman–Crippen LogP) is 2.97. The predicted molar refractivity (Wildman–Crippen MR) is 62.2 cm³/mol. The first-order valence-corrected chi connectivity index (χ1v) is 6.44. The monoisotopic (exact) mass is 251 g/mol. The fraction of sp³-hybridized carbons (Fsp3) is 0. The maximum Gasteiger partial charge on any atom is 0.208 e. The van der Waals surface area contributed by atoms with E-state index in [1.807, 2.05) is 0 Å². The van der Waals surface area contributed by atoms with Crippen LogP contribution in [0.1, 0.15) is 0 Å². The Labute approximate surface area is 99.4 Å². The molecule has 0 atom stereocenters. The number of benzene rings is 2. The van der Waals surface area contributed by atoms with E-state index in [0.717, 1.165) is 0 Å². The summed E-state index contributed by atoms with van der Waals surface area (Å²) in [7, 11) is -3.52. The zero-order valence-electron chi connectivity index (χ0n) is 8.22. The number of sulfone groups is 1. The molecule has 0 unspecified atom stereocenters. The third-order valence-electron chi connectivity index (χ3n) is 2.12. The van der Waals surface area contributed by atoms with Crippen molar-refractivity contribution in [3.63, 3.8) is 0 Å². The molecule has 0 aliphatic rings. The zero-order chi connectivity index (χ0) is 11.6. The molecule has 81 valence electrons. The molecule has 0 aliphatic carbocycles. The summed E-state index contributed by atoms with van der Waals surface area (Å²) in [4.78, 5) is 0.349. The molecular weight excluding hydrogens is 244 g/mol. The first kappa shape index (κ1) is 11.2. The van der Waals surface area contributed by atoms with Crippen molar-refractivity contribution in [2.24, 2.45) is 0 Å². The molecule has 16 heavy (non-hydrogen) atoms. The van der Waals surface area contributed by atoms with Crippen molar-refractivity contribution < 1.29 is 8.42 Å². The highest BCUT2D eigenvalue weighted by Crippen LogP contribution is 2.26. The van der Waals surface area contributed by atoms with Gasteiger partial charge in [-0.05, 0) is 30.3 Å². The van der Waals surface area contributed by atoms with Crippen molar-refractivity contribution in [1.29, 1.82) is 0 Å². The van der Waals surface area contributed by atoms with Crippen LogP contribution >= 0.6 is 11.6 Å². The highest BCUT2D eigenvalue weighted by molar-refractivity contribution is 7.91. The van der Waals surface area contributed by atoms with Crippen LogP contribution in [0.15, 0.2) is 58.3 Å². The lowest BCUT2D eigenvalue weighted by Gasteiger charge is -2.05. The number of rotatable bonds is 2. The third-order valence-corrected chi connectivity index (χ3v) is 4.39. The summed E-state index contributed by atoms with van der Waals surface area (Å²) in [5.74, 6) is 0. The van der Waals surface area contributed by atoms with Crippen LogP contribution in [0.4, 0.5) is 0 Å². The standard InChI is InChI=1S/C12H8ClO2S/c13-11-8-4-5-9-12(11)16(14,15)10-6-2-1-3-7-10/h2-9H. The fourth-order valence-electron chi connectivity index (χ4n) is 1.34. The van der Waals surface area contributed by atoms with Crippen molar-refractivity contribution in [1.82, 2.24) is 0 Å². The summed E-state index contributed by atoms with van der Waals surface area (Å²) in [5, 5.41) is 0.232. The van der Waals surface area contributed by atoms with E-state index < -0.39 is 9.84 Å². The van der Waals surface area contributed by atoms with E-state index in [2.05, 4.69) is 6.07 Å². The Morgan fingerprint density at radius 1 is 1.00 bits per heavy atom. The summed E-state index contributed by atoms with van der Waals surface area (Å²) in [6.45, 7) is 0. The van der Waals surface area contributed by atoms with E-state index in [1.165, 1.54) is 18.2 Å². The van der Waals surface area contributed by atoms with Crippen molar-refractivity contribution in [3.8, 4) is 0 Å². The number of hydrogen-bond acceptors (Lipinski definition) is 2. The molecule has 1 radical (unpaired) electrons. The summed E-state index contributed by atoms with van der Waals surface area (Å²) < 4.78 is 24.3. The second-order valence-corrected chi connectivity index (χ2v) is 5.49. The number of halogens is 1. The average molecular weight is 252 g/mol. The second kappa shape index (κ2) is 4.28. The van der Waals surface area contributed by atoms with Crippen LogP contribution in [0, 0.1) is 6.07 Å². The lowest BCUT2D eigenvalue weighted by Crippen LogP contribution is -2.02. The maximum atomic E-state index is 12.2. The zero-order valence-corrected chi connectivity index (χ0v) is 9.79. The van der Waals surface area contributed by atoms with Gasteiger partial charge in [0.25, 0.3) is 0 Å². The van der Waals surface area contributed by atoms with Crippen LogP contribution in [0.3, 0.4) is 0 Å². The van der Waals surface area contributed by atoms with Crippen molar-refractivity contribution >= 4 is 21.4 Å². The SMILES string of the molecule is O=S(=O)(c1cc[c]cc1)c1ccccc1Cl. The van der Waals surface area contributed by atoms with Gasteiger partial charge in [-0.1, -0.05) is 35.9 Å². The van der Waals surface area contributed by atoms with E-state index in [4.69, 9.17) is 11.6 Å². The molecule has 2 nitrogen and oxygen atoms in total. The topological polar surface area (TPSA) is 34.1 Å². The van der Waals surface area contributed by atoms with Crippen LogP contribution < -0.4 is 0 Å². The molecule has 0 saturated heterocycles. The Morgan fingerprint density at radius 3 is 2.25 bits per heavy atom. The van der Waals surface area contributed by atoms with Crippen LogP contribution in [0.25, 0.3) is 0 Å².